The van der Waals surface area contributed by atoms with Crippen LogP contribution in [0.2, 0.25) is 0 Å². The fourth-order valence-corrected chi connectivity index (χ4v) is 6.66. The topological polar surface area (TPSA) is 71.3 Å². The van der Waals surface area contributed by atoms with Gasteiger partial charge in [-0.1, -0.05) is 24.3 Å². The number of benzene rings is 1. The zero-order valence-electron chi connectivity index (χ0n) is 22.1. The standard InChI is InChI=1S/C28H32F3N5O2S/c1-3-35(23-10-6-8-19-7-4-5-9-21(19)23)27(38)22-17-39-26(32-22)20-11-13-34(14-12-20)25(37)16-36-18(2)15-24(33-36)28(29,30)31/h4-5,7,9,15,17,20,23H,3,6,8,10-14,16H2,1-2H3/t23-/m0/s1. The molecule has 1 atom stereocenters. The summed E-state index contributed by atoms with van der Waals surface area (Å²) in [5.74, 6) is -0.175. The molecule has 208 valence electrons. The van der Waals surface area contributed by atoms with Gasteiger partial charge in [0.1, 0.15) is 12.2 Å². The Hall–Kier alpha value is -3.21. The Bertz CT molecular complexity index is 1340. The van der Waals surface area contributed by atoms with Gasteiger partial charge in [0.25, 0.3) is 5.91 Å². The maximum Gasteiger partial charge on any atom is 0.435 e. The molecule has 0 unspecified atom stereocenters. The molecule has 2 amide bonds. The smallest absolute Gasteiger partial charge is 0.341 e. The second-order valence-corrected chi connectivity index (χ2v) is 11.1. The van der Waals surface area contributed by atoms with E-state index in [4.69, 9.17) is 4.98 Å². The number of halogens is 3. The number of fused-ring (bicyclic) bond motifs is 1. The number of hydrogen-bond acceptors (Lipinski definition) is 5. The van der Waals surface area contributed by atoms with Crippen LogP contribution < -0.4 is 0 Å². The molecule has 3 heterocycles. The Morgan fingerprint density at radius 3 is 2.59 bits per heavy atom. The third-order valence-electron chi connectivity index (χ3n) is 7.81. The molecule has 1 aliphatic heterocycles. The van der Waals surface area contributed by atoms with Crippen LogP contribution in [0, 0.1) is 6.92 Å². The number of aromatic nitrogens is 3. The number of amides is 2. The Morgan fingerprint density at radius 2 is 1.90 bits per heavy atom. The normalized spacial score (nSPS) is 18.2. The van der Waals surface area contributed by atoms with Crippen molar-refractivity contribution in [2.75, 3.05) is 19.6 Å². The maximum atomic E-state index is 13.5. The van der Waals surface area contributed by atoms with E-state index < -0.39 is 11.9 Å². The van der Waals surface area contributed by atoms with Gasteiger partial charge < -0.3 is 9.80 Å². The maximum absolute atomic E-state index is 13.5. The molecule has 2 aromatic heterocycles. The van der Waals surface area contributed by atoms with Crippen LogP contribution in [0.4, 0.5) is 13.2 Å². The van der Waals surface area contributed by atoms with Crippen molar-refractivity contribution in [1.29, 1.82) is 0 Å². The molecule has 0 saturated carbocycles. The lowest BCUT2D eigenvalue weighted by Gasteiger charge is -2.35. The summed E-state index contributed by atoms with van der Waals surface area (Å²) in [5, 5.41) is 6.30. The largest absolute Gasteiger partial charge is 0.435 e. The summed E-state index contributed by atoms with van der Waals surface area (Å²) >= 11 is 1.48. The van der Waals surface area contributed by atoms with Crippen LogP contribution in [-0.4, -0.2) is 56.0 Å². The molecular formula is C28H32F3N5O2S. The van der Waals surface area contributed by atoms with E-state index in [1.54, 1.807) is 4.90 Å². The Balaban J connectivity index is 1.20. The molecule has 0 bridgehead atoms. The van der Waals surface area contributed by atoms with Crippen molar-refractivity contribution in [2.24, 2.45) is 0 Å². The number of rotatable bonds is 6. The van der Waals surface area contributed by atoms with Crippen LogP contribution in [-0.2, 0) is 23.9 Å². The van der Waals surface area contributed by atoms with Crippen molar-refractivity contribution in [2.45, 2.75) is 70.6 Å². The van der Waals surface area contributed by atoms with Crippen molar-refractivity contribution in [1.82, 2.24) is 24.6 Å². The molecule has 1 saturated heterocycles. The first-order valence-corrected chi connectivity index (χ1v) is 14.3. The van der Waals surface area contributed by atoms with Gasteiger partial charge in [0.15, 0.2) is 5.69 Å². The lowest BCUT2D eigenvalue weighted by molar-refractivity contribution is -0.142. The van der Waals surface area contributed by atoms with Gasteiger partial charge in [0.2, 0.25) is 5.91 Å². The number of carbonyl (C=O) groups excluding carboxylic acids is 2. The van der Waals surface area contributed by atoms with Gasteiger partial charge in [-0.25, -0.2) is 4.98 Å². The second-order valence-electron chi connectivity index (χ2n) is 10.3. The first-order chi connectivity index (χ1) is 18.7. The lowest BCUT2D eigenvalue weighted by Crippen LogP contribution is -2.40. The van der Waals surface area contributed by atoms with E-state index in [2.05, 4.69) is 17.2 Å². The van der Waals surface area contributed by atoms with Gasteiger partial charge in [-0.15, -0.1) is 11.3 Å². The number of thiazole rings is 1. The highest BCUT2D eigenvalue weighted by Gasteiger charge is 2.35. The highest BCUT2D eigenvalue weighted by Crippen LogP contribution is 2.36. The van der Waals surface area contributed by atoms with E-state index in [1.807, 2.05) is 29.3 Å². The van der Waals surface area contributed by atoms with Crippen molar-refractivity contribution >= 4 is 23.2 Å². The molecule has 11 heteroatoms. The summed E-state index contributed by atoms with van der Waals surface area (Å²) in [6.45, 7) is 4.86. The van der Waals surface area contributed by atoms with Crippen molar-refractivity contribution < 1.29 is 22.8 Å². The number of likely N-dealkylation sites (tertiary alicyclic amines) is 1. The fourth-order valence-electron chi connectivity index (χ4n) is 5.69. The van der Waals surface area contributed by atoms with Crippen LogP contribution >= 0.6 is 11.3 Å². The quantitative estimate of drug-likeness (QED) is 0.394. The molecule has 0 spiro atoms. The molecule has 0 N–H and O–H groups in total. The summed E-state index contributed by atoms with van der Waals surface area (Å²) in [5.41, 5.74) is 2.31. The van der Waals surface area contributed by atoms with E-state index in [0.717, 1.165) is 35.0 Å². The van der Waals surface area contributed by atoms with E-state index in [1.165, 1.54) is 29.4 Å². The van der Waals surface area contributed by atoms with Gasteiger partial charge in [0.05, 0.1) is 11.0 Å². The second kappa shape index (κ2) is 11.1. The van der Waals surface area contributed by atoms with Crippen molar-refractivity contribution in [3.05, 3.63) is 68.9 Å². The molecule has 7 nitrogen and oxygen atoms in total. The molecule has 0 radical (unpaired) electrons. The molecule has 1 fully saturated rings. The minimum absolute atomic E-state index is 0.0532. The molecule has 5 rings (SSSR count). The van der Waals surface area contributed by atoms with Crippen molar-refractivity contribution in [3.63, 3.8) is 0 Å². The first-order valence-electron chi connectivity index (χ1n) is 13.4. The van der Waals surface area contributed by atoms with E-state index in [0.29, 0.717) is 43.9 Å². The SMILES string of the molecule is CCN(C(=O)c1csc(C2CCN(C(=O)Cn3nc(C(F)(F)F)cc3C)CC2)n1)[C@H]1CCCc2ccccc21. The Labute approximate surface area is 229 Å². The van der Waals surface area contributed by atoms with Crippen LogP contribution in [0.5, 0.6) is 0 Å². The molecule has 2 aliphatic rings. The number of nitrogens with zero attached hydrogens (tertiary/aromatic N) is 5. The summed E-state index contributed by atoms with van der Waals surface area (Å²) in [4.78, 5) is 34.6. The minimum atomic E-state index is -4.54. The highest BCUT2D eigenvalue weighted by atomic mass is 32.1. The van der Waals surface area contributed by atoms with Gasteiger partial charge >= 0.3 is 6.18 Å². The summed E-state index contributed by atoms with van der Waals surface area (Å²) in [6, 6.07) is 9.36. The lowest BCUT2D eigenvalue weighted by atomic mass is 9.86. The summed E-state index contributed by atoms with van der Waals surface area (Å²) in [6.07, 6.45) is -0.139. The molecule has 3 aromatic rings. The zero-order valence-corrected chi connectivity index (χ0v) is 22.9. The van der Waals surface area contributed by atoms with Gasteiger partial charge in [-0.2, -0.15) is 18.3 Å². The van der Waals surface area contributed by atoms with E-state index >= 15 is 0 Å². The monoisotopic (exact) mass is 559 g/mol. The first kappa shape index (κ1) is 27.4. The van der Waals surface area contributed by atoms with E-state index in [9.17, 15) is 22.8 Å². The number of alkyl halides is 3. The predicted molar refractivity (Wildman–Crippen MR) is 141 cm³/mol. The number of aryl methyl sites for hydroxylation is 2. The van der Waals surface area contributed by atoms with Crippen molar-refractivity contribution in [3.8, 4) is 0 Å². The van der Waals surface area contributed by atoms with Gasteiger partial charge in [0, 0.05) is 36.6 Å². The molecule has 1 aromatic carbocycles. The average molecular weight is 560 g/mol. The minimum Gasteiger partial charge on any atom is -0.341 e. The average Bonchev–Trinajstić information content (AvgIpc) is 3.57. The molecule has 1 aliphatic carbocycles. The van der Waals surface area contributed by atoms with Crippen LogP contribution in [0.1, 0.15) is 82.6 Å². The predicted octanol–water partition coefficient (Wildman–Crippen LogP) is 5.61. The van der Waals surface area contributed by atoms with Crippen LogP contribution in [0.15, 0.2) is 35.7 Å². The summed E-state index contributed by atoms with van der Waals surface area (Å²) < 4.78 is 40.0. The third kappa shape index (κ3) is 5.73. The van der Waals surface area contributed by atoms with Gasteiger partial charge in [-0.05, 0) is 63.1 Å². The molecule has 39 heavy (non-hydrogen) atoms. The Kier molecular flexibility index (Phi) is 7.80. The summed E-state index contributed by atoms with van der Waals surface area (Å²) in [7, 11) is 0. The fraction of sp³-hybridized carbons (Fsp3) is 0.500. The van der Waals surface area contributed by atoms with Crippen LogP contribution in [0.3, 0.4) is 0 Å². The zero-order chi connectivity index (χ0) is 27.7. The van der Waals surface area contributed by atoms with E-state index in [-0.39, 0.29) is 30.3 Å². The third-order valence-corrected chi connectivity index (χ3v) is 8.82. The highest BCUT2D eigenvalue weighted by molar-refractivity contribution is 7.09. The number of piperidine rings is 1. The van der Waals surface area contributed by atoms with Crippen LogP contribution in [0.25, 0.3) is 0 Å². The van der Waals surface area contributed by atoms with Gasteiger partial charge in [-0.3, -0.25) is 14.3 Å². The molecular weight excluding hydrogens is 527 g/mol. The number of carbonyl (C=O) groups is 2. The Morgan fingerprint density at radius 1 is 1.15 bits per heavy atom. The number of hydrogen-bond donors (Lipinski definition) is 0.